The van der Waals surface area contributed by atoms with Gasteiger partial charge in [-0.1, -0.05) is 0 Å². The molecule has 9 heteroatoms. The lowest BCUT2D eigenvalue weighted by Crippen LogP contribution is -2.49. The number of rotatable bonds is 6. The van der Waals surface area contributed by atoms with E-state index in [-0.39, 0.29) is 0 Å². The van der Waals surface area contributed by atoms with Gasteiger partial charge >= 0.3 is 6.18 Å². The summed E-state index contributed by atoms with van der Waals surface area (Å²) in [5, 5.41) is 9.84. The summed E-state index contributed by atoms with van der Waals surface area (Å²) in [5.74, 6) is 0.648. The molecule has 1 aromatic heterocycles. The molecule has 0 atom stereocenters. The van der Waals surface area contributed by atoms with E-state index in [0.717, 1.165) is 25.9 Å². The molecule has 5 nitrogen and oxygen atoms in total. The summed E-state index contributed by atoms with van der Waals surface area (Å²) >= 11 is 1.75. The van der Waals surface area contributed by atoms with Gasteiger partial charge in [-0.25, -0.2) is 0 Å². The number of thiophene rings is 1. The highest BCUT2D eigenvalue weighted by molar-refractivity contribution is 7.14. The second-order valence-corrected chi connectivity index (χ2v) is 7.14. The number of anilines is 1. The fourth-order valence-electron chi connectivity index (χ4n) is 2.83. The average molecular weight is 377 g/mol. The van der Waals surface area contributed by atoms with Crippen LogP contribution < -0.4 is 15.5 Å². The van der Waals surface area contributed by atoms with E-state index in [0.29, 0.717) is 25.1 Å². The molecule has 2 N–H and O–H groups in total. The molecule has 1 aliphatic rings. The Morgan fingerprint density at radius 1 is 1.40 bits per heavy atom. The quantitative estimate of drug-likeness (QED) is 0.590. The molecule has 0 aliphatic carbocycles. The number of likely N-dealkylation sites (N-methyl/N-ethyl adjacent to an activating group) is 1. The van der Waals surface area contributed by atoms with Crippen molar-refractivity contribution in [2.24, 2.45) is 4.99 Å². The highest BCUT2D eigenvalue weighted by Crippen LogP contribution is 2.24. The summed E-state index contributed by atoms with van der Waals surface area (Å²) in [6, 6.07) is 4.53. The molecule has 1 aromatic rings. The van der Waals surface area contributed by atoms with Crippen LogP contribution >= 0.6 is 11.3 Å². The van der Waals surface area contributed by atoms with E-state index in [9.17, 15) is 13.2 Å². The van der Waals surface area contributed by atoms with Crippen LogP contribution in [0.4, 0.5) is 18.2 Å². The highest BCUT2D eigenvalue weighted by Gasteiger charge is 2.28. The number of hydrogen-bond donors (Lipinski definition) is 2. The number of alkyl halides is 3. The Morgan fingerprint density at radius 2 is 2.12 bits per heavy atom. The molecular formula is C16H26F3N5S. The van der Waals surface area contributed by atoms with Gasteiger partial charge in [0.15, 0.2) is 5.96 Å². The summed E-state index contributed by atoms with van der Waals surface area (Å²) in [6.45, 7) is 1.80. The maximum absolute atomic E-state index is 12.3. The van der Waals surface area contributed by atoms with Gasteiger partial charge in [0.25, 0.3) is 0 Å². The van der Waals surface area contributed by atoms with Gasteiger partial charge < -0.3 is 15.5 Å². The summed E-state index contributed by atoms with van der Waals surface area (Å²) in [5.41, 5.74) is 0. The van der Waals surface area contributed by atoms with Crippen molar-refractivity contribution >= 4 is 22.3 Å². The molecule has 0 radical (unpaired) electrons. The monoisotopic (exact) mass is 377 g/mol. The van der Waals surface area contributed by atoms with Crippen molar-refractivity contribution in [2.75, 3.05) is 51.7 Å². The van der Waals surface area contributed by atoms with Crippen LogP contribution in [-0.4, -0.2) is 69.9 Å². The van der Waals surface area contributed by atoms with Crippen molar-refractivity contribution in [3.05, 3.63) is 17.5 Å². The fourth-order valence-corrected chi connectivity index (χ4v) is 3.62. The van der Waals surface area contributed by atoms with Gasteiger partial charge in [0.05, 0.1) is 11.5 Å². The third kappa shape index (κ3) is 7.11. The Bertz CT molecular complexity index is 524. The number of nitrogens with one attached hydrogen (secondary N) is 2. The maximum Gasteiger partial charge on any atom is 0.401 e. The van der Waals surface area contributed by atoms with E-state index in [1.165, 1.54) is 16.9 Å². The van der Waals surface area contributed by atoms with Gasteiger partial charge in [-0.05, 0) is 37.4 Å². The lowest BCUT2D eigenvalue weighted by atomic mass is 10.1. The number of nitrogens with zero attached hydrogens (tertiary/aromatic N) is 3. The zero-order chi connectivity index (χ0) is 18.3. The molecule has 1 aliphatic heterocycles. The van der Waals surface area contributed by atoms with Gasteiger partial charge in [-0.3, -0.25) is 9.89 Å². The third-order valence-corrected chi connectivity index (χ3v) is 5.04. The van der Waals surface area contributed by atoms with Gasteiger partial charge in [0, 0.05) is 39.3 Å². The maximum atomic E-state index is 12.3. The predicted octanol–water partition coefficient (Wildman–Crippen LogP) is 2.38. The molecule has 25 heavy (non-hydrogen) atoms. The molecule has 2 rings (SSSR count). The molecule has 0 amide bonds. The number of halogens is 3. The second kappa shape index (κ2) is 9.28. The summed E-state index contributed by atoms with van der Waals surface area (Å²) < 4.78 is 36.9. The van der Waals surface area contributed by atoms with Crippen LogP contribution in [0.3, 0.4) is 0 Å². The van der Waals surface area contributed by atoms with Crippen molar-refractivity contribution in [3.63, 3.8) is 0 Å². The second-order valence-electron chi connectivity index (χ2n) is 6.21. The van der Waals surface area contributed by atoms with E-state index < -0.39 is 12.7 Å². The molecule has 1 saturated heterocycles. The predicted molar refractivity (Wildman–Crippen MR) is 97.6 cm³/mol. The lowest BCUT2D eigenvalue weighted by molar-refractivity contribution is -0.142. The van der Waals surface area contributed by atoms with Crippen LogP contribution in [-0.2, 0) is 0 Å². The van der Waals surface area contributed by atoms with E-state index in [4.69, 9.17) is 0 Å². The van der Waals surface area contributed by atoms with Crippen molar-refractivity contribution in [3.8, 4) is 0 Å². The molecule has 0 bridgehead atoms. The largest absolute Gasteiger partial charge is 0.401 e. The topological polar surface area (TPSA) is 42.9 Å². The molecule has 2 heterocycles. The first kappa shape index (κ1) is 19.8. The minimum Gasteiger partial charge on any atom is -0.363 e. The van der Waals surface area contributed by atoms with Gasteiger partial charge in [-0.15, -0.1) is 11.3 Å². The number of aliphatic imine (C=N–C) groups is 1. The minimum atomic E-state index is -4.16. The van der Waals surface area contributed by atoms with Crippen molar-refractivity contribution in [1.82, 2.24) is 15.5 Å². The Hall–Kier alpha value is -1.48. The molecule has 0 saturated carbocycles. The van der Waals surface area contributed by atoms with E-state index in [1.54, 1.807) is 18.4 Å². The lowest BCUT2D eigenvalue weighted by Gasteiger charge is -2.33. The first-order chi connectivity index (χ1) is 11.9. The Balaban J connectivity index is 1.67. The minimum absolute atomic E-state index is 0.303. The number of piperidine rings is 1. The molecule has 1 fully saturated rings. The zero-order valence-electron chi connectivity index (χ0n) is 14.6. The highest BCUT2D eigenvalue weighted by atomic mass is 32.1. The Labute approximate surface area is 150 Å². The van der Waals surface area contributed by atoms with Crippen LogP contribution in [0.15, 0.2) is 22.5 Å². The summed E-state index contributed by atoms with van der Waals surface area (Å²) in [7, 11) is 3.14. The van der Waals surface area contributed by atoms with Crippen LogP contribution in [0.5, 0.6) is 0 Å². The summed E-state index contributed by atoms with van der Waals surface area (Å²) in [4.78, 5) is 7.79. The molecule has 142 valence electrons. The SMILES string of the molecule is CN=C(NCCN(C)CC(F)(F)F)NC1CCN(c2cccs2)CC1. The number of guanidine groups is 1. The van der Waals surface area contributed by atoms with E-state index in [1.807, 2.05) is 0 Å². The molecule has 0 spiro atoms. The normalized spacial score (nSPS) is 17.2. The van der Waals surface area contributed by atoms with E-state index >= 15 is 0 Å². The van der Waals surface area contributed by atoms with Crippen LogP contribution in [0.1, 0.15) is 12.8 Å². The van der Waals surface area contributed by atoms with Crippen LogP contribution in [0, 0.1) is 0 Å². The molecular weight excluding hydrogens is 351 g/mol. The smallest absolute Gasteiger partial charge is 0.363 e. The third-order valence-electron chi connectivity index (χ3n) is 4.11. The molecule has 0 unspecified atom stereocenters. The van der Waals surface area contributed by atoms with Crippen molar-refractivity contribution in [1.29, 1.82) is 0 Å². The molecule has 0 aromatic carbocycles. The van der Waals surface area contributed by atoms with Gasteiger partial charge in [0.1, 0.15) is 0 Å². The standard InChI is InChI=1S/C16H26F3N5S/c1-20-15(21-7-10-23(2)12-16(17,18)19)22-13-5-8-24(9-6-13)14-4-3-11-25-14/h3-4,11,13H,5-10,12H2,1-2H3,(H2,20,21,22). The fraction of sp³-hybridized carbons (Fsp3) is 0.688. The van der Waals surface area contributed by atoms with Crippen molar-refractivity contribution in [2.45, 2.75) is 25.1 Å². The Morgan fingerprint density at radius 3 is 2.68 bits per heavy atom. The zero-order valence-corrected chi connectivity index (χ0v) is 15.5. The first-order valence-electron chi connectivity index (χ1n) is 8.38. The number of hydrogen-bond acceptors (Lipinski definition) is 4. The van der Waals surface area contributed by atoms with Crippen LogP contribution in [0.25, 0.3) is 0 Å². The Kier molecular flexibility index (Phi) is 7.37. The van der Waals surface area contributed by atoms with Crippen LogP contribution in [0.2, 0.25) is 0 Å². The average Bonchev–Trinajstić information content (AvgIpc) is 3.07. The summed E-state index contributed by atoms with van der Waals surface area (Å²) in [6.07, 6.45) is -2.15. The first-order valence-corrected chi connectivity index (χ1v) is 9.26. The van der Waals surface area contributed by atoms with Gasteiger partial charge in [0.2, 0.25) is 0 Å². The van der Waals surface area contributed by atoms with Crippen molar-refractivity contribution < 1.29 is 13.2 Å². The van der Waals surface area contributed by atoms with Gasteiger partial charge in [-0.2, -0.15) is 13.2 Å². The van der Waals surface area contributed by atoms with E-state index in [2.05, 4.69) is 38.0 Å².